The van der Waals surface area contributed by atoms with Crippen molar-refractivity contribution >= 4 is 16.7 Å². The topological polar surface area (TPSA) is 49.2 Å². The number of aliphatic hydroxyl groups excluding tert-OH is 1. The van der Waals surface area contributed by atoms with Gasteiger partial charge in [-0.15, -0.1) is 0 Å². The minimum Gasteiger partial charge on any atom is -0.395 e. The van der Waals surface area contributed by atoms with Crippen LogP contribution in [0.1, 0.15) is 13.8 Å². The molecule has 0 fully saturated rings. The number of hydrogen-bond acceptors (Lipinski definition) is 5. The molecule has 0 aliphatic carbocycles. The highest BCUT2D eigenvalue weighted by molar-refractivity contribution is 7.09. The van der Waals surface area contributed by atoms with Gasteiger partial charge in [-0.2, -0.15) is 4.37 Å². The fourth-order valence-corrected chi connectivity index (χ4v) is 1.67. The third-order valence-corrected chi connectivity index (χ3v) is 2.26. The molecule has 5 heteroatoms. The van der Waals surface area contributed by atoms with Crippen molar-refractivity contribution in [1.29, 1.82) is 0 Å². The summed E-state index contributed by atoms with van der Waals surface area (Å²) in [6, 6.07) is 0.352. The molecule has 1 heterocycles. The molecule has 1 rings (SSSR count). The van der Waals surface area contributed by atoms with Gasteiger partial charge in [0.2, 0.25) is 5.13 Å². The SMILES string of the molecule is CC(C)N(CCO)c1ncns1. The first-order chi connectivity index (χ1) is 5.75. The Bertz CT molecular complexity index is 212. The molecule has 4 nitrogen and oxygen atoms in total. The van der Waals surface area contributed by atoms with Crippen LogP contribution in [-0.2, 0) is 0 Å². The summed E-state index contributed by atoms with van der Waals surface area (Å²) >= 11 is 1.35. The zero-order valence-corrected chi connectivity index (χ0v) is 8.08. The lowest BCUT2D eigenvalue weighted by atomic mass is 10.3. The van der Waals surface area contributed by atoms with E-state index in [0.717, 1.165) is 5.13 Å². The second-order valence-electron chi connectivity index (χ2n) is 2.73. The van der Waals surface area contributed by atoms with Crippen LogP contribution >= 0.6 is 11.5 Å². The summed E-state index contributed by atoms with van der Waals surface area (Å²) in [6.07, 6.45) is 1.53. The van der Waals surface area contributed by atoms with Crippen molar-refractivity contribution < 1.29 is 5.11 Å². The van der Waals surface area contributed by atoms with Gasteiger partial charge in [0.15, 0.2) is 0 Å². The molecule has 1 aromatic rings. The normalized spacial score (nSPS) is 10.7. The van der Waals surface area contributed by atoms with Crippen LogP contribution in [0.2, 0.25) is 0 Å². The number of rotatable bonds is 4. The average molecular weight is 187 g/mol. The van der Waals surface area contributed by atoms with E-state index in [1.165, 1.54) is 17.9 Å². The van der Waals surface area contributed by atoms with Crippen LogP contribution in [-0.4, -0.2) is 33.7 Å². The number of anilines is 1. The Morgan fingerprint density at radius 2 is 2.42 bits per heavy atom. The molecule has 0 saturated carbocycles. The predicted molar refractivity (Wildman–Crippen MR) is 49.5 cm³/mol. The van der Waals surface area contributed by atoms with E-state index >= 15 is 0 Å². The largest absolute Gasteiger partial charge is 0.395 e. The zero-order valence-electron chi connectivity index (χ0n) is 7.27. The number of nitrogens with zero attached hydrogens (tertiary/aromatic N) is 3. The van der Waals surface area contributed by atoms with Crippen LogP contribution < -0.4 is 4.90 Å². The van der Waals surface area contributed by atoms with Crippen molar-refractivity contribution in [2.24, 2.45) is 0 Å². The van der Waals surface area contributed by atoms with E-state index < -0.39 is 0 Å². The van der Waals surface area contributed by atoms with E-state index in [0.29, 0.717) is 12.6 Å². The lowest BCUT2D eigenvalue weighted by Crippen LogP contribution is -2.33. The molecule has 1 N–H and O–H groups in total. The highest BCUT2D eigenvalue weighted by Gasteiger charge is 2.11. The van der Waals surface area contributed by atoms with Gasteiger partial charge in [-0.3, -0.25) is 0 Å². The van der Waals surface area contributed by atoms with Crippen LogP contribution in [0.25, 0.3) is 0 Å². The van der Waals surface area contributed by atoms with Crippen molar-refractivity contribution in [2.45, 2.75) is 19.9 Å². The van der Waals surface area contributed by atoms with E-state index in [1.807, 2.05) is 4.90 Å². The Balaban J connectivity index is 2.66. The van der Waals surface area contributed by atoms with E-state index in [1.54, 1.807) is 0 Å². The summed E-state index contributed by atoms with van der Waals surface area (Å²) in [5, 5.41) is 9.67. The maximum absolute atomic E-state index is 8.80. The van der Waals surface area contributed by atoms with Crippen LogP contribution in [0.15, 0.2) is 6.33 Å². The van der Waals surface area contributed by atoms with Crippen LogP contribution in [0.3, 0.4) is 0 Å². The van der Waals surface area contributed by atoms with Gasteiger partial charge in [0.05, 0.1) is 6.61 Å². The minimum atomic E-state index is 0.151. The van der Waals surface area contributed by atoms with Gasteiger partial charge in [-0.1, -0.05) is 0 Å². The molecule has 0 aliphatic heterocycles. The summed E-state index contributed by atoms with van der Waals surface area (Å²) in [7, 11) is 0. The Morgan fingerprint density at radius 3 is 2.83 bits per heavy atom. The fraction of sp³-hybridized carbons (Fsp3) is 0.714. The molecule has 0 amide bonds. The average Bonchev–Trinajstić information content (AvgIpc) is 2.51. The number of aliphatic hydroxyl groups is 1. The maximum Gasteiger partial charge on any atom is 0.205 e. The molecule has 0 aromatic carbocycles. The molecule has 68 valence electrons. The van der Waals surface area contributed by atoms with Gasteiger partial charge in [0.1, 0.15) is 6.33 Å². The van der Waals surface area contributed by atoms with E-state index in [4.69, 9.17) is 5.11 Å². The Labute approximate surface area is 76.0 Å². The Hall–Kier alpha value is -0.680. The monoisotopic (exact) mass is 187 g/mol. The van der Waals surface area contributed by atoms with Crippen molar-refractivity contribution in [3.63, 3.8) is 0 Å². The van der Waals surface area contributed by atoms with Crippen molar-refractivity contribution in [3.05, 3.63) is 6.33 Å². The highest BCUT2D eigenvalue weighted by Crippen LogP contribution is 2.16. The van der Waals surface area contributed by atoms with E-state index in [9.17, 15) is 0 Å². The maximum atomic E-state index is 8.80. The second kappa shape index (κ2) is 4.37. The highest BCUT2D eigenvalue weighted by atomic mass is 32.1. The van der Waals surface area contributed by atoms with Gasteiger partial charge < -0.3 is 10.0 Å². The van der Waals surface area contributed by atoms with Crippen LogP contribution in [0.5, 0.6) is 0 Å². The molecule has 0 saturated heterocycles. The molecule has 1 aromatic heterocycles. The van der Waals surface area contributed by atoms with Crippen molar-refractivity contribution in [1.82, 2.24) is 9.36 Å². The molecule has 0 unspecified atom stereocenters. The third-order valence-electron chi connectivity index (χ3n) is 1.56. The summed E-state index contributed by atoms with van der Waals surface area (Å²) in [5.74, 6) is 0. The Morgan fingerprint density at radius 1 is 1.67 bits per heavy atom. The summed E-state index contributed by atoms with van der Waals surface area (Å²) in [5.41, 5.74) is 0. The van der Waals surface area contributed by atoms with E-state index in [-0.39, 0.29) is 6.61 Å². The quantitative estimate of drug-likeness (QED) is 0.755. The summed E-state index contributed by atoms with van der Waals surface area (Å²) < 4.78 is 3.91. The summed E-state index contributed by atoms with van der Waals surface area (Å²) in [4.78, 5) is 6.10. The smallest absolute Gasteiger partial charge is 0.205 e. The fourth-order valence-electron chi connectivity index (χ4n) is 0.976. The van der Waals surface area contributed by atoms with Crippen LogP contribution in [0, 0.1) is 0 Å². The first-order valence-corrected chi connectivity index (χ1v) is 4.67. The lowest BCUT2D eigenvalue weighted by Gasteiger charge is -2.24. The van der Waals surface area contributed by atoms with Crippen molar-refractivity contribution in [3.8, 4) is 0 Å². The molecule has 0 aliphatic rings. The first kappa shape index (κ1) is 9.41. The van der Waals surface area contributed by atoms with Gasteiger partial charge in [-0.05, 0) is 13.8 Å². The molecule has 12 heavy (non-hydrogen) atoms. The molecule has 0 atom stereocenters. The number of hydrogen-bond donors (Lipinski definition) is 1. The third kappa shape index (κ3) is 2.15. The van der Waals surface area contributed by atoms with Gasteiger partial charge in [0, 0.05) is 24.1 Å². The molecule has 0 bridgehead atoms. The molecular formula is C7H13N3OS. The predicted octanol–water partition coefficient (Wildman–Crippen LogP) is 0.745. The van der Waals surface area contributed by atoms with E-state index in [2.05, 4.69) is 23.2 Å². The van der Waals surface area contributed by atoms with Gasteiger partial charge in [0.25, 0.3) is 0 Å². The zero-order chi connectivity index (χ0) is 8.97. The molecular weight excluding hydrogens is 174 g/mol. The molecule has 0 spiro atoms. The molecule has 0 radical (unpaired) electrons. The first-order valence-electron chi connectivity index (χ1n) is 3.90. The number of aromatic nitrogens is 2. The van der Waals surface area contributed by atoms with Gasteiger partial charge >= 0.3 is 0 Å². The summed E-state index contributed by atoms with van der Waals surface area (Å²) in [6.45, 7) is 4.90. The standard InChI is InChI=1S/C7H13N3OS/c1-6(2)10(3-4-11)7-8-5-9-12-7/h5-6,11H,3-4H2,1-2H3. The van der Waals surface area contributed by atoms with Crippen molar-refractivity contribution in [2.75, 3.05) is 18.1 Å². The Kier molecular flexibility index (Phi) is 3.43. The minimum absolute atomic E-state index is 0.151. The second-order valence-corrected chi connectivity index (χ2v) is 3.49. The van der Waals surface area contributed by atoms with Gasteiger partial charge in [-0.25, -0.2) is 4.98 Å². The van der Waals surface area contributed by atoms with Crippen LogP contribution in [0.4, 0.5) is 5.13 Å². The lowest BCUT2D eigenvalue weighted by molar-refractivity contribution is 0.299.